The third-order valence-corrected chi connectivity index (χ3v) is 13.7. The second-order valence-electron chi connectivity index (χ2n) is 14.5. The summed E-state index contributed by atoms with van der Waals surface area (Å²) in [6, 6.07) is 69.9. The molecule has 0 radical (unpaired) electrons. The molecule has 256 valence electrons. The van der Waals surface area contributed by atoms with Crippen LogP contribution in [-0.2, 0) is 0 Å². The Balaban J connectivity index is 0.997. The van der Waals surface area contributed by atoms with E-state index in [4.69, 9.17) is 0 Å². The van der Waals surface area contributed by atoms with E-state index in [2.05, 4.69) is 193 Å². The normalized spacial score (nSPS) is 12.0. The van der Waals surface area contributed by atoms with E-state index in [0.29, 0.717) is 0 Å². The Kier molecular flexibility index (Phi) is 6.74. The lowest BCUT2D eigenvalue weighted by atomic mass is 9.91. The van der Waals surface area contributed by atoms with Crippen LogP contribution in [0.3, 0.4) is 0 Å². The minimum Gasteiger partial charge on any atom is -0.310 e. The van der Waals surface area contributed by atoms with Crippen molar-refractivity contribution in [3.63, 3.8) is 0 Å². The Morgan fingerprint density at radius 3 is 1.22 bits per heavy atom. The highest BCUT2D eigenvalue weighted by molar-refractivity contribution is 7.26. The second kappa shape index (κ2) is 12.0. The number of hydrogen-bond donors (Lipinski definition) is 0. The number of thiophene rings is 2. The van der Waals surface area contributed by atoms with Crippen molar-refractivity contribution in [1.29, 1.82) is 0 Å². The van der Waals surface area contributed by atoms with E-state index in [1.54, 1.807) is 0 Å². The SMILES string of the molecule is c1ccc2c(c1)sc1ccc(N(c3ccc(-c4ccc5cc6c7ccccc7c7ccccc7c6cc5c4)cc3)c3ccc4sc5ccccc5c4c3)cc12. The molecule has 0 saturated carbocycles. The number of rotatable bonds is 4. The van der Waals surface area contributed by atoms with E-state index in [9.17, 15) is 0 Å². The number of benzene rings is 10. The Hall–Kier alpha value is -6.52. The van der Waals surface area contributed by atoms with Gasteiger partial charge in [-0.2, -0.15) is 0 Å². The van der Waals surface area contributed by atoms with Gasteiger partial charge in [0.05, 0.1) is 0 Å². The first kappa shape index (κ1) is 30.9. The first-order valence-electron chi connectivity index (χ1n) is 18.7. The van der Waals surface area contributed by atoms with Gasteiger partial charge in [0, 0.05) is 57.4 Å². The fraction of sp³-hybridized carbons (Fsp3) is 0. The molecule has 0 aliphatic carbocycles. The van der Waals surface area contributed by atoms with Gasteiger partial charge >= 0.3 is 0 Å². The molecule has 3 heteroatoms. The van der Waals surface area contributed by atoms with Gasteiger partial charge in [-0.05, 0) is 133 Å². The lowest BCUT2D eigenvalue weighted by Crippen LogP contribution is -2.09. The van der Waals surface area contributed by atoms with Gasteiger partial charge in [0.2, 0.25) is 0 Å². The van der Waals surface area contributed by atoms with Gasteiger partial charge in [-0.15, -0.1) is 22.7 Å². The van der Waals surface area contributed by atoms with Crippen LogP contribution >= 0.6 is 22.7 Å². The summed E-state index contributed by atoms with van der Waals surface area (Å²) >= 11 is 3.72. The largest absolute Gasteiger partial charge is 0.310 e. The zero-order chi connectivity index (χ0) is 36.0. The molecule has 0 fully saturated rings. The predicted octanol–water partition coefficient (Wildman–Crippen LogP) is 16.2. The van der Waals surface area contributed by atoms with Crippen LogP contribution < -0.4 is 4.90 Å². The van der Waals surface area contributed by atoms with Crippen molar-refractivity contribution >= 4 is 123 Å². The summed E-state index contributed by atoms with van der Waals surface area (Å²) in [5.74, 6) is 0. The van der Waals surface area contributed by atoms with Crippen molar-refractivity contribution in [2.24, 2.45) is 0 Å². The Morgan fingerprint density at radius 1 is 0.255 bits per heavy atom. The number of hydrogen-bond acceptors (Lipinski definition) is 3. The van der Waals surface area contributed by atoms with E-state index in [-0.39, 0.29) is 0 Å². The Labute approximate surface area is 325 Å². The van der Waals surface area contributed by atoms with Crippen molar-refractivity contribution in [2.45, 2.75) is 0 Å². The molecule has 0 bridgehead atoms. The fourth-order valence-corrected chi connectivity index (χ4v) is 11.0. The second-order valence-corrected chi connectivity index (χ2v) is 16.7. The summed E-state index contributed by atoms with van der Waals surface area (Å²) < 4.78 is 5.26. The molecule has 0 amide bonds. The first-order chi connectivity index (χ1) is 27.2. The lowest BCUT2D eigenvalue weighted by molar-refractivity contribution is 1.30. The monoisotopic (exact) mass is 733 g/mol. The minimum absolute atomic E-state index is 1.13. The maximum atomic E-state index is 2.42. The molecule has 0 unspecified atom stereocenters. The average Bonchev–Trinajstić information content (AvgIpc) is 3.81. The maximum absolute atomic E-state index is 2.42. The van der Waals surface area contributed by atoms with E-state index in [1.807, 2.05) is 22.7 Å². The van der Waals surface area contributed by atoms with Gasteiger partial charge in [-0.1, -0.05) is 109 Å². The van der Waals surface area contributed by atoms with Crippen LogP contribution in [0.1, 0.15) is 0 Å². The predicted molar refractivity (Wildman–Crippen MR) is 242 cm³/mol. The highest BCUT2D eigenvalue weighted by Crippen LogP contribution is 2.44. The van der Waals surface area contributed by atoms with Crippen LogP contribution in [-0.4, -0.2) is 0 Å². The quantitative estimate of drug-likeness (QED) is 0.129. The van der Waals surface area contributed by atoms with E-state index < -0.39 is 0 Å². The minimum atomic E-state index is 1.13. The molecule has 2 aromatic heterocycles. The van der Waals surface area contributed by atoms with Crippen LogP contribution in [0.4, 0.5) is 17.1 Å². The lowest BCUT2D eigenvalue weighted by Gasteiger charge is -2.26. The Morgan fingerprint density at radius 2 is 0.673 bits per heavy atom. The summed E-state index contributed by atoms with van der Waals surface area (Å²) in [6.45, 7) is 0. The first-order valence-corrected chi connectivity index (χ1v) is 20.4. The van der Waals surface area contributed by atoms with Crippen molar-refractivity contribution in [3.05, 3.63) is 188 Å². The molecule has 0 saturated heterocycles. The van der Waals surface area contributed by atoms with Crippen molar-refractivity contribution in [2.75, 3.05) is 4.90 Å². The average molecular weight is 734 g/mol. The molecule has 0 atom stereocenters. The van der Waals surface area contributed by atoms with Crippen LogP contribution in [0.5, 0.6) is 0 Å². The molecule has 0 spiro atoms. The summed E-state index contributed by atoms with van der Waals surface area (Å²) in [5.41, 5.74) is 5.85. The van der Waals surface area contributed by atoms with Gasteiger partial charge in [0.25, 0.3) is 0 Å². The van der Waals surface area contributed by atoms with Crippen LogP contribution in [0, 0.1) is 0 Å². The molecule has 12 rings (SSSR count). The molecular formula is C52H31NS2. The Bertz CT molecular complexity index is 3380. The van der Waals surface area contributed by atoms with Crippen LogP contribution in [0.25, 0.3) is 94.6 Å². The van der Waals surface area contributed by atoms with Crippen LogP contribution in [0.2, 0.25) is 0 Å². The van der Waals surface area contributed by atoms with E-state index >= 15 is 0 Å². The number of anilines is 3. The topological polar surface area (TPSA) is 3.24 Å². The van der Waals surface area contributed by atoms with Crippen molar-refractivity contribution in [1.82, 2.24) is 0 Å². The maximum Gasteiger partial charge on any atom is 0.0468 e. The third kappa shape index (κ3) is 4.84. The molecule has 0 aliphatic rings. The molecular weight excluding hydrogens is 703 g/mol. The zero-order valence-corrected chi connectivity index (χ0v) is 31.3. The highest BCUT2D eigenvalue weighted by atomic mass is 32.1. The molecule has 12 aromatic rings. The van der Waals surface area contributed by atoms with E-state index in [1.165, 1.54) is 94.6 Å². The van der Waals surface area contributed by atoms with E-state index in [0.717, 1.165) is 17.1 Å². The highest BCUT2D eigenvalue weighted by Gasteiger charge is 2.17. The summed E-state index contributed by atoms with van der Waals surface area (Å²) in [6.07, 6.45) is 0. The van der Waals surface area contributed by atoms with Crippen LogP contribution in [0.15, 0.2) is 188 Å². The molecule has 1 nitrogen and oxygen atoms in total. The number of fused-ring (bicyclic) bond motifs is 13. The fourth-order valence-electron chi connectivity index (χ4n) is 8.79. The molecule has 0 aliphatic heterocycles. The molecule has 55 heavy (non-hydrogen) atoms. The smallest absolute Gasteiger partial charge is 0.0468 e. The number of nitrogens with zero attached hydrogens (tertiary/aromatic N) is 1. The van der Waals surface area contributed by atoms with Gasteiger partial charge in [0.15, 0.2) is 0 Å². The summed E-state index contributed by atoms with van der Waals surface area (Å²) in [4.78, 5) is 2.42. The van der Waals surface area contributed by atoms with Gasteiger partial charge in [-0.3, -0.25) is 0 Å². The van der Waals surface area contributed by atoms with Gasteiger partial charge in [0.1, 0.15) is 0 Å². The zero-order valence-electron chi connectivity index (χ0n) is 29.7. The summed E-state index contributed by atoms with van der Waals surface area (Å²) in [5, 5.41) is 15.6. The molecule has 2 heterocycles. The summed E-state index contributed by atoms with van der Waals surface area (Å²) in [7, 11) is 0. The van der Waals surface area contributed by atoms with Crippen molar-refractivity contribution in [3.8, 4) is 11.1 Å². The van der Waals surface area contributed by atoms with Crippen molar-refractivity contribution < 1.29 is 0 Å². The standard InChI is InChI=1S/C52H31NS2/c1-3-11-41-39(9-1)40-10-2-4-12-42(40)46-29-35-27-33(17-18-34(35)28-45(41)46)32-19-21-36(22-20-32)53(37-23-25-51-47(30-37)43-13-5-7-15-49(43)54-51)38-24-26-52-48(31-38)44-14-6-8-16-50(44)55-52/h1-31H. The molecule has 10 aromatic carbocycles. The van der Waals surface area contributed by atoms with Gasteiger partial charge in [-0.25, -0.2) is 0 Å². The molecule has 0 N–H and O–H groups in total. The van der Waals surface area contributed by atoms with Gasteiger partial charge < -0.3 is 4.90 Å². The third-order valence-electron chi connectivity index (χ3n) is 11.4.